The molecular formula is C21H14N2O2. The monoisotopic (exact) mass is 326 g/mol. The molecule has 0 N–H and O–H groups in total. The van der Waals surface area contributed by atoms with Crippen molar-refractivity contribution in [2.45, 2.75) is 0 Å². The van der Waals surface area contributed by atoms with Crippen LogP contribution in [0.2, 0.25) is 0 Å². The zero-order chi connectivity index (χ0) is 17.4. The van der Waals surface area contributed by atoms with Gasteiger partial charge < -0.3 is 9.14 Å². The molecule has 4 rings (SSSR count). The second kappa shape index (κ2) is 5.81. The number of ketones is 1. The van der Waals surface area contributed by atoms with Crippen LogP contribution in [-0.4, -0.2) is 17.3 Å². The summed E-state index contributed by atoms with van der Waals surface area (Å²) in [6.45, 7) is 0. The molecule has 4 nitrogen and oxygen atoms in total. The number of nitrogens with zero attached hydrogens (tertiary/aromatic N) is 2. The molecule has 0 spiro atoms. The van der Waals surface area contributed by atoms with E-state index in [2.05, 4.69) is 6.07 Å². The Hall–Kier alpha value is -3.58. The number of hydrogen-bond donors (Lipinski definition) is 0. The van der Waals surface area contributed by atoms with Crippen LogP contribution in [0.4, 0.5) is 0 Å². The van der Waals surface area contributed by atoms with E-state index in [4.69, 9.17) is 4.74 Å². The molecule has 0 saturated carbocycles. The molecule has 120 valence electrons. The average Bonchev–Trinajstić information content (AvgIpc) is 3.06. The van der Waals surface area contributed by atoms with Crippen molar-refractivity contribution in [3.8, 4) is 11.8 Å². The number of nitriles is 1. The number of fused-ring (bicyclic) bond motifs is 3. The zero-order valence-electron chi connectivity index (χ0n) is 13.6. The smallest absolute Gasteiger partial charge is 0.209 e. The highest BCUT2D eigenvalue weighted by atomic mass is 16.5. The normalized spacial score (nSPS) is 10.7. The average molecular weight is 326 g/mol. The number of carbonyl (C=O) groups is 1. The van der Waals surface area contributed by atoms with Gasteiger partial charge in [0.1, 0.15) is 11.8 Å². The fourth-order valence-electron chi connectivity index (χ4n) is 3.12. The maximum absolute atomic E-state index is 13.1. The van der Waals surface area contributed by atoms with Gasteiger partial charge >= 0.3 is 0 Å². The van der Waals surface area contributed by atoms with Crippen molar-refractivity contribution >= 4 is 22.2 Å². The lowest BCUT2D eigenvalue weighted by Crippen LogP contribution is -2.06. The van der Waals surface area contributed by atoms with Crippen molar-refractivity contribution in [1.82, 2.24) is 4.40 Å². The molecule has 2 aromatic heterocycles. The second-order valence-corrected chi connectivity index (χ2v) is 5.73. The number of aromatic nitrogens is 1. The quantitative estimate of drug-likeness (QED) is 0.530. The minimum atomic E-state index is -0.147. The van der Waals surface area contributed by atoms with E-state index in [9.17, 15) is 10.1 Å². The lowest BCUT2D eigenvalue weighted by atomic mass is 10.1. The molecule has 0 atom stereocenters. The first kappa shape index (κ1) is 15.0. The fourth-order valence-corrected chi connectivity index (χ4v) is 3.12. The number of pyridine rings is 1. The molecule has 2 heterocycles. The molecule has 25 heavy (non-hydrogen) atoms. The maximum Gasteiger partial charge on any atom is 0.209 e. The summed E-state index contributed by atoms with van der Waals surface area (Å²) in [7, 11) is 1.57. The molecule has 0 aliphatic rings. The molecule has 0 aliphatic heterocycles. The summed E-state index contributed by atoms with van der Waals surface area (Å²) in [6.07, 6.45) is 0. The third-order valence-corrected chi connectivity index (χ3v) is 4.32. The van der Waals surface area contributed by atoms with Gasteiger partial charge in [0.15, 0.2) is 0 Å². The standard InChI is InChI=1S/C21H14N2O2/c1-25-17-7-4-6-15(11-17)21(24)20-12-16(13-22)19-10-9-14-5-2-3-8-18(14)23(19)20/h2-12H,1H3. The minimum absolute atomic E-state index is 0.147. The summed E-state index contributed by atoms with van der Waals surface area (Å²) >= 11 is 0. The van der Waals surface area contributed by atoms with E-state index in [1.807, 2.05) is 40.8 Å². The number of benzene rings is 2. The molecule has 0 aliphatic carbocycles. The molecule has 0 amide bonds. The first-order valence-electron chi connectivity index (χ1n) is 7.85. The molecule has 2 aromatic carbocycles. The third-order valence-electron chi connectivity index (χ3n) is 4.32. The Bertz CT molecular complexity index is 1170. The van der Waals surface area contributed by atoms with Crippen LogP contribution in [0.3, 0.4) is 0 Å². The van der Waals surface area contributed by atoms with Crippen LogP contribution in [0.5, 0.6) is 5.75 Å². The van der Waals surface area contributed by atoms with E-state index in [1.165, 1.54) is 0 Å². The highest BCUT2D eigenvalue weighted by molar-refractivity contribution is 6.10. The summed E-state index contributed by atoms with van der Waals surface area (Å²) in [4.78, 5) is 13.1. The number of carbonyl (C=O) groups excluding carboxylic acids is 1. The SMILES string of the molecule is COc1cccc(C(=O)c2cc(C#N)c3ccc4ccccc4n23)c1. The topological polar surface area (TPSA) is 54.5 Å². The molecule has 0 saturated heterocycles. The Labute approximate surface area is 144 Å². The fraction of sp³-hybridized carbons (Fsp3) is 0.0476. The van der Waals surface area contributed by atoms with Gasteiger partial charge in [-0.1, -0.05) is 36.4 Å². The van der Waals surface area contributed by atoms with Gasteiger partial charge in [-0.3, -0.25) is 4.79 Å². The summed E-state index contributed by atoms with van der Waals surface area (Å²) < 4.78 is 7.07. The van der Waals surface area contributed by atoms with Gasteiger partial charge in [-0.25, -0.2) is 0 Å². The van der Waals surface area contributed by atoms with Crippen LogP contribution < -0.4 is 4.74 Å². The summed E-state index contributed by atoms with van der Waals surface area (Å²) in [6, 6.07) is 22.5. The van der Waals surface area contributed by atoms with Crippen molar-refractivity contribution in [1.29, 1.82) is 5.26 Å². The third kappa shape index (κ3) is 2.34. The van der Waals surface area contributed by atoms with E-state index < -0.39 is 0 Å². The van der Waals surface area contributed by atoms with E-state index in [0.717, 1.165) is 16.4 Å². The van der Waals surface area contributed by atoms with E-state index in [0.29, 0.717) is 22.6 Å². The summed E-state index contributed by atoms with van der Waals surface area (Å²) in [5, 5.41) is 10.5. The van der Waals surface area contributed by atoms with E-state index >= 15 is 0 Å². The maximum atomic E-state index is 13.1. The highest BCUT2D eigenvalue weighted by Crippen LogP contribution is 2.26. The van der Waals surface area contributed by atoms with Crippen LogP contribution in [0.15, 0.2) is 66.7 Å². The van der Waals surface area contributed by atoms with Crippen LogP contribution >= 0.6 is 0 Å². The molecule has 0 unspecified atom stereocenters. The molecular weight excluding hydrogens is 312 g/mol. The van der Waals surface area contributed by atoms with Gasteiger partial charge in [0.05, 0.1) is 29.4 Å². The van der Waals surface area contributed by atoms with Gasteiger partial charge in [-0.05, 0) is 35.7 Å². The van der Waals surface area contributed by atoms with Crippen molar-refractivity contribution < 1.29 is 9.53 Å². The number of hydrogen-bond acceptors (Lipinski definition) is 3. The van der Waals surface area contributed by atoms with Crippen molar-refractivity contribution in [2.75, 3.05) is 7.11 Å². The summed E-state index contributed by atoms with van der Waals surface area (Å²) in [5.41, 5.74) is 3.10. The predicted octanol–water partition coefficient (Wildman–Crippen LogP) is 4.20. The van der Waals surface area contributed by atoms with Crippen molar-refractivity contribution in [2.24, 2.45) is 0 Å². The molecule has 4 aromatic rings. The largest absolute Gasteiger partial charge is 0.497 e. The molecule has 0 bridgehead atoms. The Morgan fingerprint density at radius 1 is 1.00 bits per heavy atom. The molecule has 0 radical (unpaired) electrons. The second-order valence-electron chi connectivity index (χ2n) is 5.73. The Morgan fingerprint density at radius 3 is 2.64 bits per heavy atom. The number of para-hydroxylation sites is 1. The molecule has 0 fully saturated rings. The number of ether oxygens (including phenoxy) is 1. The van der Waals surface area contributed by atoms with E-state index in [1.54, 1.807) is 37.4 Å². The van der Waals surface area contributed by atoms with Gasteiger partial charge in [-0.2, -0.15) is 5.26 Å². The first-order chi connectivity index (χ1) is 12.2. The lowest BCUT2D eigenvalue weighted by Gasteiger charge is -2.08. The lowest BCUT2D eigenvalue weighted by molar-refractivity contribution is 0.103. The number of rotatable bonds is 3. The summed E-state index contributed by atoms with van der Waals surface area (Å²) in [5.74, 6) is 0.476. The van der Waals surface area contributed by atoms with Crippen LogP contribution in [0.25, 0.3) is 16.4 Å². The van der Waals surface area contributed by atoms with Gasteiger partial charge in [0.2, 0.25) is 5.78 Å². The van der Waals surface area contributed by atoms with Crippen LogP contribution in [0.1, 0.15) is 21.6 Å². The van der Waals surface area contributed by atoms with Gasteiger partial charge in [-0.15, -0.1) is 0 Å². The number of methoxy groups -OCH3 is 1. The first-order valence-corrected chi connectivity index (χ1v) is 7.85. The van der Waals surface area contributed by atoms with E-state index in [-0.39, 0.29) is 5.78 Å². The minimum Gasteiger partial charge on any atom is -0.497 e. The van der Waals surface area contributed by atoms with Crippen LogP contribution in [-0.2, 0) is 0 Å². The predicted molar refractivity (Wildman–Crippen MR) is 96.0 cm³/mol. The zero-order valence-corrected chi connectivity index (χ0v) is 13.6. The molecule has 4 heteroatoms. The van der Waals surface area contributed by atoms with Gasteiger partial charge in [0.25, 0.3) is 0 Å². The van der Waals surface area contributed by atoms with Crippen LogP contribution in [0, 0.1) is 11.3 Å². The van der Waals surface area contributed by atoms with Crippen molar-refractivity contribution in [3.05, 3.63) is 83.6 Å². The van der Waals surface area contributed by atoms with Gasteiger partial charge in [0, 0.05) is 5.56 Å². The highest BCUT2D eigenvalue weighted by Gasteiger charge is 2.19. The Morgan fingerprint density at radius 2 is 1.84 bits per heavy atom. The Kier molecular flexibility index (Phi) is 3.48. The Balaban J connectivity index is 2.02. The van der Waals surface area contributed by atoms with Crippen molar-refractivity contribution in [3.63, 3.8) is 0 Å².